The van der Waals surface area contributed by atoms with Crippen LogP contribution < -0.4 is 14.8 Å². The zero-order valence-corrected chi connectivity index (χ0v) is 19.1. The highest BCUT2D eigenvalue weighted by atomic mass is 127. The van der Waals surface area contributed by atoms with E-state index in [9.17, 15) is 5.11 Å². The first kappa shape index (κ1) is 23.9. The van der Waals surface area contributed by atoms with Crippen LogP contribution in [0.2, 0.25) is 0 Å². The maximum absolute atomic E-state index is 9.54. The molecule has 0 spiro atoms. The molecule has 0 aliphatic carbocycles. The van der Waals surface area contributed by atoms with Gasteiger partial charge in [0.05, 0.1) is 13.7 Å². The Morgan fingerprint density at radius 3 is 2.50 bits per heavy atom. The minimum absolute atomic E-state index is 0. The summed E-state index contributed by atoms with van der Waals surface area (Å²) in [5.41, 5.74) is 1.07. The van der Waals surface area contributed by atoms with Crippen LogP contribution in [0.3, 0.4) is 0 Å². The fourth-order valence-corrected chi connectivity index (χ4v) is 2.55. The minimum atomic E-state index is 0. The Balaban J connectivity index is 0.00000392. The molecule has 7 heteroatoms. The van der Waals surface area contributed by atoms with E-state index in [1.807, 2.05) is 50.4 Å². The SMILES string of the molecule is CCNC(=NCCc1cccc(O)c1)N(C)CCOc1ccc(OC)cc1.I. The van der Waals surface area contributed by atoms with Crippen molar-refractivity contribution in [2.45, 2.75) is 13.3 Å². The van der Waals surface area contributed by atoms with Gasteiger partial charge in [-0.25, -0.2) is 0 Å². The van der Waals surface area contributed by atoms with Crippen molar-refractivity contribution < 1.29 is 14.6 Å². The lowest BCUT2D eigenvalue weighted by Crippen LogP contribution is -2.41. The summed E-state index contributed by atoms with van der Waals surface area (Å²) in [6.07, 6.45) is 0.777. The molecular weight excluding hydrogens is 469 g/mol. The van der Waals surface area contributed by atoms with Crippen LogP contribution in [0.5, 0.6) is 17.2 Å². The van der Waals surface area contributed by atoms with Gasteiger partial charge in [-0.05, 0) is 55.3 Å². The zero-order chi connectivity index (χ0) is 19.5. The number of nitrogens with zero attached hydrogens (tertiary/aromatic N) is 2. The molecule has 2 rings (SSSR count). The van der Waals surface area contributed by atoms with Gasteiger partial charge in [-0.15, -0.1) is 24.0 Å². The third kappa shape index (κ3) is 8.24. The van der Waals surface area contributed by atoms with Gasteiger partial charge in [0.1, 0.15) is 23.9 Å². The van der Waals surface area contributed by atoms with E-state index in [0.717, 1.165) is 36.0 Å². The number of aromatic hydroxyl groups is 1. The summed E-state index contributed by atoms with van der Waals surface area (Å²) in [5.74, 6) is 2.76. The summed E-state index contributed by atoms with van der Waals surface area (Å²) in [4.78, 5) is 6.72. The second-order valence-electron chi connectivity index (χ2n) is 6.10. The van der Waals surface area contributed by atoms with Gasteiger partial charge in [0.2, 0.25) is 0 Å². The van der Waals surface area contributed by atoms with Crippen molar-refractivity contribution in [1.82, 2.24) is 10.2 Å². The molecule has 0 aliphatic rings. The maximum atomic E-state index is 9.54. The molecular formula is C21H30IN3O3. The highest BCUT2D eigenvalue weighted by molar-refractivity contribution is 14.0. The van der Waals surface area contributed by atoms with Crippen LogP contribution in [0.4, 0.5) is 0 Å². The Morgan fingerprint density at radius 2 is 1.86 bits per heavy atom. The van der Waals surface area contributed by atoms with Gasteiger partial charge in [0.15, 0.2) is 5.96 Å². The fourth-order valence-electron chi connectivity index (χ4n) is 2.55. The van der Waals surface area contributed by atoms with Gasteiger partial charge in [-0.3, -0.25) is 4.99 Å². The molecule has 0 saturated carbocycles. The quantitative estimate of drug-likeness (QED) is 0.314. The molecule has 0 aliphatic heterocycles. The van der Waals surface area contributed by atoms with Crippen LogP contribution in [-0.2, 0) is 6.42 Å². The lowest BCUT2D eigenvalue weighted by atomic mass is 10.1. The molecule has 28 heavy (non-hydrogen) atoms. The van der Waals surface area contributed by atoms with Crippen molar-refractivity contribution in [3.05, 3.63) is 54.1 Å². The van der Waals surface area contributed by atoms with Gasteiger partial charge in [0, 0.05) is 20.1 Å². The number of ether oxygens (including phenoxy) is 2. The van der Waals surface area contributed by atoms with Crippen molar-refractivity contribution in [3.63, 3.8) is 0 Å². The molecule has 2 aromatic rings. The van der Waals surface area contributed by atoms with E-state index < -0.39 is 0 Å². The van der Waals surface area contributed by atoms with E-state index in [1.165, 1.54) is 0 Å². The Kier molecular flexibility index (Phi) is 11.2. The van der Waals surface area contributed by atoms with Gasteiger partial charge in [-0.2, -0.15) is 0 Å². The van der Waals surface area contributed by atoms with E-state index in [2.05, 4.69) is 15.2 Å². The number of phenolic OH excluding ortho intramolecular Hbond substituents is 1. The molecule has 2 aromatic carbocycles. The van der Waals surface area contributed by atoms with E-state index in [0.29, 0.717) is 19.7 Å². The molecule has 2 N–H and O–H groups in total. The summed E-state index contributed by atoms with van der Waals surface area (Å²) in [6.45, 7) is 4.76. The molecule has 0 saturated heterocycles. The number of benzene rings is 2. The number of phenols is 1. The van der Waals surface area contributed by atoms with Crippen molar-refractivity contribution in [2.75, 3.05) is 40.4 Å². The standard InChI is InChI=1S/C21H29N3O3.HI/c1-4-22-21(23-13-12-17-6-5-7-18(25)16-17)24(2)14-15-27-20-10-8-19(26-3)9-11-20;/h5-11,16,25H,4,12-15H2,1-3H3,(H,22,23);1H. The smallest absolute Gasteiger partial charge is 0.193 e. The summed E-state index contributed by atoms with van der Waals surface area (Å²) >= 11 is 0. The lowest BCUT2D eigenvalue weighted by molar-refractivity contribution is 0.281. The number of methoxy groups -OCH3 is 1. The zero-order valence-electron chi connectivity index (χ0n) is 16.7. The number of likely N-dealkylation sites (N-methyl/N-ethyl adjacent to an activating group) is 1. The number of aliphatic imine (C=N–C) groups is 1. The molecule has 0 heterocycles. The normalized spacial score (nSPS) is 10.8. The number of hydrogen-bond donors (Lipinski definition) is 2. The Labute approximate surface area is 184 Å². The van der Waals surface area contributed by atoms with Crippen molar-refractivity contribution in [3.8, 4) is 17.2 Å². The Hall–Kier alpha value is -2.16. The second-order valence-corrected chi connectivity index (χ2v) is 6.10. The second kappa shape index (κ2) is 13.1. The summed E-state index contributed by atoms with van der Waals surface area (Å²) in [7, 11) is 3.64. The average Bonchev–Trinajstić information content (AvgIpc) is 2.68. The predicted octanol–water partition coefficient (Wildman–Crippen LogP) is 3.54. The number of halogens is 1. The number of guanidine groups is 1. The van der Waals surface area contributed by atoms with E-state index in [4.69, 9.17) is 9.47 Å². The van der Waals surface area contributed by atoms with Crippen LogP contribution in [0.15, 0.2) is 53.5 Å². The van der Waals surface area contributed by atoms with Crippen LogP contribution in [0.1, 0.15) is 12.5 Å². The number of rotatable bonds is 9. The third-order valence-electron chi connectivity index (χ3n) is 4.02. The summed E-state index contributed by atoms with van der Waals surface area (Å²) in [5, 5.41) is 12.8. The Bertz CT molecular complexity index is 723. The molecule has 0 atom stereocenters. The van der Waals surface area contributed by atoms with Gasteiger partial charge >= 0.3 is 0 Å². The molecule has 0 amide bonds. The van der Waals surface area contributed by atoms with Crippen LogP contribution in [-0.4, -0.2) is 56.4 Å². The van der Waals surface area contributed by atoms with Gasteiger partial charge in [-0.1, -0.05) is 12.1 Å². The predicted molar refractivity (Wildman–Crippen MR) is 124 cm³/mol. The highest BCUT2D eigenvalue weighted by Crippen LogP contribution is 2.16. The minimum Gasteiger partial charge on any atom is -0.508 e. The molecule has 0 unspecified atom stereocenters. The largest absolute Gasteiger partial charge is 0.508 e. The van der Waals surface area contributed by atoms with Crippen molar-refractivity contribution in [2.24, 2.45) is 4.99 Å². The molecule has 0 bridgehead atoms. The molecule has 154 valence electrons. The molecule has 0 fully saturated rings. The summed E-state index contributed by atoms with van der Waals surface area (Å²) in [6, 6.07) is 14.8. The monoisotopic (exact) mass is 499 g/mol. The van der Waals surface area contributed by atoms with E-state index in [-0.39, 0.29) is 29.7 Å². The third-order valence-corrected chi connectivity index (χ3v) is 4.02. The van der Waals surface area contributed by atoms with Crippen LogP contribution >= 0.6 is 24.0 Å². The highest BCUT2D eigenvalue weighted by Gasteiger charge is 2.06. The summed E-state index contributed by atoms with van der Waals surface area (Å²) < 4.78 is 10.9. The van der Waals surface area contributed by atoms with Gasteiger partial charge in [0.25, 0.3) is 0 Å². The van der Waals surface area contributed by atoms with Crippen molar-refractivity contribution >= 4 is 29.9 Å². The van der Waals surface area contributed by atoms with Crippen LogP contribution in [0.25, 0.3) is 0 Å². The number of nitrogens with one attached hydrogen (secondary N) is 1. The first-order valence-electron chi connectivity index (χ1n) is 9.16. The number of hydrogen-bond acceptors (Lipinski definition) is 4. The van der Waals surface area contributed by atoms with E-state index >= 15 is 0 Å². The average molecular weight is 499 g/mol. The first-order chi connectivity index (χ1) is 13.1. The molecule has 0 aromatic heterocycles. The van der Waals surface area contributed by atoms with Gasteiger partial charge < -0.3 is 24.8 Å². The lowest BCUT2D eigenvalue weighted by Gasteiger charge is -2.22. The maximum Gasteiger partial charge on any atom is 0.193 e. The van der Waals surface area contributed by atoms with E-state index in [1.54, 1.807) is 19.2 Å². The topological polar surface area (TPSA) is 66.3 Å². The van der Waals surface area contributed by atoms with Crippen LogP contribution in [0, 0.1) is 0 Å². The van der Waals surface area contributed by atoms with Crippen molar-refractivity contribution in [1.29, 1.82) is 0 Å². The molecule has 6 nitrogen and oxygen atoms in total. The molecule has 0 radical (unpaired) electrons. The fraction of sp³-hybridized carbons (Fsp3) is 0.381. The first-order valence-corrected chi connectivity index (χ1v) is 9.16. The Morgan fingerprint density at radius 1 is 1.14 bits per heavy atom.